The van der Waals surface area contributed by atoms with Gasteiger partial charge in [-0.25, -0.2) is 4.98 Å². The second-order valence-corrected chi connectivity index (χ2v) is 8.48. The number of carbonyl (C=O) groups is 1. The number of ether oxygens (including phenoxy) is 1. The van der Waals surface area contributed by atoms with E-state index in [-0.39, 0.29) is 11.8 Å². The van der Waals surface area contributed by atoms with Crippen molar-refractivity contribution in [1.29, 1.82) is 0 Å². The predicted octanol–water partition coefficient (Wildman–Crippen LogP) is 4.19. The molecule has 1 fully saturated rings. The molecular formula is C22H22N4O3S. The Labute approximate surface area is 177 Å². The maximum absolute atomic E-state index is 11.8. The molecule has 1 aliphatic heterocycles. The monoisotopic (exact) mass is 422 g/mol. The second-order valence-electron chi connectivity index (χ2n) is 7.48. The molecule has 7 nitrogen and oxygen atoms in total. The lowest BCUT2D eigenvalue weighted by molar-refractivity contribution is -0.125. The molecule has 30 heavy (non-hydrogen) atoms. The number of nitrogens with zero attached hydrogens (tertiary/aromatic N) is 3. The van der Waals surface area contributed by atoms with Crippen LogP contribution in [-0.4, -0.2) is 40.9 Å². The third-order valence-corrected chi connectivity index (χ3v) is 6.37. The highest BCUT2D eigenvalue weighted by Gasteiger charge is 2.24. The third-order valence-electron chi connectivity index (χ3n) is 5.48. The molecule has 0 atom stereocenters. The number of likely N-dealkylation sites (tertiary alicyclic amines) is 1. The summed E-state index contributed by atoms with van der Waals surface area (Å²) in [5.41, 5.74) is 1.49. The van der Waals surface area contributed by atoms with Crippen LogP contribution in [-0.2, 0) is 11.3 Å². The summed E-state index contributed by atoms with van der Waals surface area (Å²) in [5, 5.41) is 4.36. The fraction of sp³-hybridized carbons (Fsp3) is 0.318. The number of thiazole rings is 1. The van der Waals surface area contributed by atoms with Crippen LogP contribution in [0.5, 0.6) is 10.9 Å². The molecule has 1 saturated heterocycles. The second kappa shape index (κ2) is 8.04. The standard InChI is InChI=1S/C22H22N4O3S/c1-23-21(27)14-6-9-26(10-7-14)13-17-11-15-4-5-16(12-18(15)28-17)29-22-25-20-19(30-22)3-2-8-24-20/h2-5,8,11-12,14H,6-7,9-10,13H2,1H3,(H,23,27). The van der Waals surface area contributed by atoms with Gasteiger partial charge >= 0.3 is 0 Å². The quantitative estimate of drug-likeness (QED) is 0.520. The zero-order valence-electron chi connectivity index (χ0n) is 16.6. The van der Waals surface area contributed by atoms with Crippen LogP contribution in [0.4, 0.5) is 0 Å². The Balaban J connectivity index is 1.27. The molecule has 0 radical (unpaired) electrons. The van der Waals surface area contributed by atoms with Crippen molar-refractivity contribution in [2.24, 2.45) is 5.92 Å². The van der Waals surface area contributed by atoms with Gasteiger partial charge in [-0.05, 0) is 56.3 Å². The van der Waals surface area contributed by atoms with Crippen molar-refractivity contribution >= 4 is 38.6 Å². The number of pyridine rings is 1. The lowest BCUT2D eigenvalue weighted by Gasteiger charge is -2.30. The van der Waals surface area contributed by atoms with Crippen molar-refractivity contribution in [3.63, 3.8) is 0 Å². The fourth-order valence-electron chi connectivity index (χ4n) is 3.88. The average Bonchev–Trinajstić information content (AvgIpc) is 3.36. The summed E-state index contributed by atoms with van der Waals surface area (Å²) < 4.78 is 13.0. The molecule has 1 amide bonds. The van der Waals surface area contributed by atoms with Crippen LogP contribution in [0.1, 0.15) is 18.6 Å². The van der Waals surface area contributed by atoms with E-state index in [0.717, 1.165) is 53.9 Å². The van der Waals surface area contributed by atoms with Gasteiger partial charge in [-0.1, -0.05) is 11.3 Å². The molecule has 3 aromatic heterocycles. The van der Waals surface area contributed by atoms with E-state index in [1.165, 1.54) is 11.3 Å². The SMILES string of the molecule is CNC(=O)C1CCN(Cc2cc3ccc(Oc4nc5ncccc5s4)cc3o2)CC1. The molecular weight excluding hydrogens is 400 g/mol. The Morgan fingerprint density at radius 3 is 2.97 bits per heavy atom. The van der Waals surface area contributed by atoms with E-state index in [4.69, 9.17) is 9.15 Å². The molecule has 5 rings (SSSR count). The molecule has 0 spiro atoms. The first-order valence-electron chi connectivity index (χ1n) is 10.0. The minimum Gasteiger partial charge on any atom is -0.460 e. The van der Waals surface area contributed by atoms with Crippen molar-refractivity contribution in [2.75, 3.05) is 20.1 Å². The summed E-state index contributed by atoms with van der Waals surface area (Å²) in [6, 6.07) is 11.8. The molecule has 8 heteroatoms. The van der Waals surface area contributed by atoms with Crippen molar-refractivity contribution in [3.05, 3.63) is 48.4 Å². The van der Waals surface area contributed by atoms with E-state index in [9.17, 15) is 4.79 Å². The van der Waals surface area contributed by atoms with Crippen molar-refractivity contribution < 1.29 is 13.9 Å². The first-order chi connectivity index (χ1) is 14.7. The van der Waals surface area contributed by atoms with Gasteiger partial charge in [-0.2, -0.15) is 4.98 Å². The zero-order chi connectivity index (χ0) is 20.5. The number of amides is 1. The Hall–Kier alpha value is -2.97. The van der Waals surface area contributed by atoms with Gasteiger partial charge in [0.05, 0.1) is 11.2 Å². The number of fused-ring (bicyclic) bond motifs is 2. The number of nitrogens with one attached hydrogen (secondary N) is 1. The Bertz CT molecular complexity index is 1160. The summed E-state index contributed by atoms with van der Waals surface area (Å²) in [7, 11) is 1.70. The van der Waals surface area contributed by atoms with E-state index in [1.807, 2.05) is 30.3 Å². The van der Waals surface area contributed by atoms with Crippen molar-refractivity contribution in [3.8, 4) is 10.9 Å². The van der Waals surface area contributed by atoms with Crippen LogP contribution in [0.25, 0.3) is 21.3 Å². The van der Waals surface area contributed by atoms with Gasteiger partial charge in [-0.15, -0.1) is 0 Å². The number of furan rings is 1. The van der Waals surface area contributed by atoms with Crippen molar-refractivity contribution in [2.45, 2.75) is 19.4 Å². The highest BCUT2D eigenvalue weighted by molar-refractivity contribution is 7.20. The van der Waals surface area contributed by atoms with E-state index in [0.29, 0.717) is 16.6 Å². The molecule has 0 aliphatic carbocycles. The first kappa shape index (κ1) is 19.0. The highest BCUT2D eigenvalue weighted by atomic mass is 32.1. The number of piperidine rings is 1. The first-order valence-corrected chi connectivity index (χ1v) is 10.9. The zero-order valence-corrected chi connectivity index (χ0v) is 17.4. The van der Waals surface area contributed by atoms with Gasteiger partial charge < -0.3 is 14.5 Å². The van der Waals surface area contributed by atoms with Gasteiger partial charge in [0.15, 0.2) is 5.65 Å². The number of aromatic nitrogens is 2. The lowest BCUT2D eigenvalue weighted by Crippen LogP contribution is -2.39. The summed E-state index contributed by atoms with van der Waals surface area (Å²) in [5.74, 6) is 1.88. The van der Waals surface area contributed by atoms with Gasteiger partial charge in [-0.3, -0.25) is 9.69 Å². The molecule has 0 unspecified atom stereocenters. The average molecular weight is 423 g/mol. The number of hydrogen-bond donors (Lipinski definition) is 1. The molecule has 1 N–H and O–H groups in total. The number of benzene rings is 1. The fourth-order valence-corrected chi connectivity index (χ4v) is 4.67. The highest BCUT2D eigenvalue weighted by Crippen LogP contribution is 2.32. The smallest absolute Gasteiger partial charge is 0.281 e. The van der Waals surface area contributed by atoms with Gasteiger partial charge in [0, 0.05) is 30.6 Å². The van der Waals surface area contributed by atoms with Crippen LogP contribution in [0, 0.1) is 5.92 Å². The molecule has 1 aliphatic rings. The minimum atomic E-state index is 0.124. The van der Waals surface area contributed by atoms with E-state index < -0.39 is 0 Å². The topological polar surface area (TPSA) is 80.5 Å². The van der Waals surface area contributed by atoms with E-state index in [2.05, 4.69) is 26.3 Å². The lowest BCUT2D eigenvalue weighted by atomic mass is 9.96. The Kier molecular flexibility index (Phi) is 5.10. The maximum Gasteiger partial charge on any atom is 0.281 e. The third kappa shape index (κ3) is 3.88. The van der Waals surface area contributed by atoms with Gasteiger partial charge in [0.1, 0.15) is 17.1 Å². The summed E-state index contributed by atoms with van der Waals surface area (Å²) in [6.07, 6.45) is 3.49. The maximum atomic E-state index is 11.8. The normalized spacial score (nSPS) is 15.6. The molecule has 1 aromatic carbocycles. The predicted molar refractivity (Wildman–Crippen MR) is 116 cm³/mol. The molecule has 0 saturated carbocycles. The van der Waals surface area contributed by atoms with E-state index in [1.54, 1.807) is 13.2 Å². The van der Waals surface area contributed by atoms with Crippen LogP contribution < -0.4 is 10.1 Å². The minimum absolute atomic E-state index is 0.124. The molecule has 154 valence electrons. The summed E-state index contributed by atoms with van der Waals surface area (Å²) in [6.45, 7) is 2.54. The number of hydrogen-bond acceptors (Lipinski definition) is 7. The Morgan fingerprint density at radius 2 is 2.17 bits per heavy atom. The number of rotatable bonds is 5. The summed E-state index contributed by atoms with van der Waals surface area (Å²) in [4.78, 5) is 22.8. The van der Waals surface area contributed by atoms with Crippen LogP contribution >= 0.6 is 11.3 Å². The Morgan fingerprint density at radius 1 is 1.30 bits per heavy atom. The van der Waals surface area contributed by atoms with Gasteiger partial charge in [0.25, 0.3) is 5.19 Å². The largest absolute Gasteiger partial charge is 0.460 e. The summed E-state index contributed by atoms with van der Waals surface area (Å²) >= 11 is 1.47. The number of carbonyl (C=O) groups excluding carboxylic acids is 1. The van der Waals surface area contributed by atoms with Crippen LogP contribution in [0.15, 0.2) is 47.0 Å². The molecule has 4 heterocycles. The van der Waals surface area contributed by atoms with Crippen LogP contribution in [0.2, 0.25) is 0 Å². The van der Waals surface area contributed by atoms with E-state index >= 15 is 0 Å². The molecule has 4 aromatic rings. The van der Waals surface area contributed by atoms with Crippen molar-refractivity contribution in [1.82, 2.24) is 20.2 Å². The molecule has 0 bridgehead atoms. The van der Waals surface area contributed by atoms with Gasteiger partial charge in [0.2, 0.25) is 5.91 Å². The van der Waals surface area contributed by atoms with Crippen LogP contribution in [0.3, 0.4) is 0 Å².